The van der Waals surface area contributed by atoms with Crippen LogP contribution in [0.15, 0.2) is 28.2 Å². The lowest BCUT2D eigenvalue weighted by Gasteiger charge is -2.31. The van der Waals surface area contributed by atoms with Crippen molar-refractivity contribution in [3.63, 3.8) is 0 Å². The van der Waals surface area contributed by atoms with Gasteiger partial charge in [0.05, 0.1) is 6.61 Å². The quantitative estimate of drug-likeness (QED) is 0.430. The third kappa shape index (κ3) is 5.34. The van der Waals surface area contributed by atoms with Gasteiger partial charge in [-0.3, -0.25) is 0 Å². The van der Waals surface area contributed by atoms with Gasteiger partial charge in [0, 0.05) is 31.5 Å². The van der Waals surface area contributed by atoms with E-state index < -0.39 is 0 Å². The minimum absolute atomic E-state index is 0.249. The zero-order valence-corrected chi connectivity index (χ0v) is 19.9. The molecule has 1 aliphatic heterocycles. The molecule has 2 aliphatic rings. The molecular weight excluding hydrogens is 441 g/mol. The van der Waals surface area contributed by atoms with Crippen LogP contribution in [0.25, 0.3) is 0 Å². The highest BCUT2D eigenvalue weighted by atomic mass is 32.1. The number of hydrogen-bond donors (Lipinski definition) is 0. The Labute approximate surface area is 197 Å². The van der Waals surface area contributed by atoms with Crippen LogP contribution in [0.1, 0.15) is 61.9 Å². The van der Waals surface area contributed by atoms with Crippen LogP contribution in [0.4, 0.5) is 10.3 Å². The fraction of sp³-hybridized carbons (Fsp3) is 0.583. The molecule has 1 aromatic carbocycles. The first-order chi connectivity index (χ1) is 16.1. The summed E-state index contributed by atoms with van der Waals surface area (Å²) in [6, 6.07) is 5.12. The van der Waals surface area contributed by atoms with Gasteiger partial charge in [-0.05, 0) is 60.2 Å². The van der Waals surface area contributed by atoms with Crippen molar-refractivity contribution in [3.05, 3.63) is 46.0 Å². The molecule has 2 fully saturated rings. The Balaban J connectivity index is 1.03. The summed E-state index contributed by atoms with van der Waals surface area (Å²) >= 11 is 1.43. The molecule has 0 unspecified atom stereocenters. The minimum Gasteiger partial charge on any atom is -0.493 e. The lowest BCUT2D eigenvalue weighted by molar-refractivity contribution is 0.283. The number of hydrogen-bond acceptors (Lipinski definition) is 8. The normalized spacial score (nSPS) is 21.0. The summed E-state index contributed by atoms with van der Waals surface area (Å²) in [4.78, 5) is 6.78. The summed E-state index contributed by atoms with van der Waals surface area (Å²) in [5.74, 6) is 4.33. The fourth-order valence-corrected chi connectivity index (χ4v) is 5.37. The number of benzene rings is 1. The van der Waals surface area contributed by atoms with Crippen molar-refractivity contribution in [2.75, 3.05) is 24.6 Å². The molecule has 1 saturated heterocycles. The van der Waals surface area contributed by atoms with Gasteiger partial charge in [-0.25, -0.2) is 4.39 Å². The maximum absolute atomic E-state index is 14.4. The van der Waals surface area contributed by atoms with Gasteiger partial charge < -0.3 is 14.2 Å². The zero-order chi connectivity index (χ0) is 22.8. The van der Waals surface area contributed by atoms with Gasteiger partial charge in [-0.15, -0.1) is 21.5 Å². The van der Waals surface area contributed by atoms with Gasteiger partial charge in [0.25, 0.3) is 5.95 Å². The number of nitrogens with zero attached hydrogens (tertiary/aromatic N) is 5. The number of rotatable bonds is 9. The second-order valence-corrected chi connectivity index (χ2v) is 10.4. The van der Waals surface area contributed by atoms with Crippen molar-refractivity contribution in [2.24, 2.45) is 17.8 Å². The van der Waals surface area contributed by atoms with Gasteiger partial charge in [0.2, 0.25) is 5.89 Å². The standard InChI is InChI=1S/C24H30FN5O2S/c1-15(2)23-27-24(29-32-23)30-8-5-16(6-9-30)20-11-17(20)7-10-31-19-4-3-18(21(25)13-19)12-22-28-26-14-33-22/h3-4,13-17,20H,5-12H2,1-2H3/t17-,20-/m1/s1. The lowest BCUT2D eigenvalue weighted by Crippen LogP contribution is -2.35. The van der Waals surface area contributed by atoms with Gasteiger partial charge in [-0.1, -0.05) is 19.9 Å². The summed E-state index contributed by atoms with van der Waals surface area (Å²) in [6.45, 7) is 6.74. The molecule has 9 heteroatoms. The smallest absolute Gasteiger partial charge is 0.266 e. The molecule has 1 aliphatic carbocycles. The molecule has 0 radical (unpaired) electrons. The fourth-order valence-electron chi connectivity index (χ4n) is 4.82. The predicted octanol–water partition coefficient (Wildman–Crippen LogP) is 5.10. The molecule has 0 N–H and O–H groups in total. The van der Waals surface area contributed by atoms with Crippen LogP contribution >= 0.6 is 11.3 Å². The first-order valence-corrected chi connectivity index (χ1v) is 12.7. The molecule has 7 nitrogen and oxygen atoms in total. The van der Waals surface area contributed by atoms with Gasteiger partial charge >= 0.3 is 0 Å². The predicted molar refractivity (Wildman–Crippen MR) is 124 cm³/mol. The number of aromatic nitrogens is 4. The molecule has 0 bridgehead atoms. The number of piperidine rings is 1. The Morgan fingerprint density at radius 3 is 2.82 bits per heavy atom. The van der Waals surface area contributed by atoms with Crippen LogP contribution in [-0.4, -0.2) is 40.0 Å². The van der Waals surface area contributed by atoms with Crippen molar-refractivity contribution >= 4 is 17.3 Å². The van der Waals surface area contributed by atoms with Crippen molar-refractivity contribution in [1.29, 1.82) is 0 Å². The van der Waals surface area contributed by atoms with Crippen molar-refractivity contribution in [1.82, 2.24) is 20.3 Å². The average Bonchev–Trinajstić information content (AvgIpc) is 3.17. The Morgan fingerprint density at radius 1 is 1.27 bits per heavy atom. The topological polar surface area (TPSA) is 77.2 Å². The van der Waals surface area contributed by atoms with E-state index >= 15 is 0 Å². The van der Waals surface area contributed by atoms with E-state index in [4.69, 9.17) is 9.26 Å². The number of anilines is 1. The highest BCUT2D eigenvalue weighted by Gasteiger charge is 2.43. The van der Waals surface area contributed by atoms with Gasteiger partial charge in [-0.2, -0.15) is 4.98 Å². The summed E-state index contributed by atoms with van der Waals surface area (Å²) in [6.07, 6.45) is 5.12. The number of halogens is 1. The van der Waals surface area contributed by atoms with Crippen molar-refractivity contribution in [3.8, 4) is 5.75 Å². The van der Waals surface area contributed by atoms with Gasteiger partial charge in [0.15, 0.2) is 0 Å². The molecule has 1 saturated carbocycles. The Morgan fingerprint density at radius 2 is 2.12 bits per heavy atom. The van der Waals surface area contributed by atoms with Crippen LogP contribution in [0.5, 0.6) is 5.75 Å². The largest absolute Gasteiger partial charge is 0.493 e. The molecule has 3 aromatic rings. The van der Waals surface area contributed by atoms with Crippen molar-refractivity contribution < 1.29 is 13.7 Å². The van der Waals surface area contributed by atoms with Gasteiger partial charge in [0.1, 0.15) is 22.1 Å². The van der Waals surface area contributed by atoms with E-state index in [1.54, 1.807) is 11.6 Å². The maximum Gasteiger partial charge on any atom is 0.266 e. The van der Waals surface area contributed by atoms with Crippen LogP contribution in [0.2, 0.25) is 0 Å². The van der Waals surface area contributed by atoms with E-state index in [0.29, 0.717) is 30.2 Å². The molecule has 2 aromatic heterocycles. The van der Waals surface area contributed by atoms with Crippen LogP contribution < -0.4 is 9.64 Å². The van der Waals surface area contributed by atoms with E-state index in [0.717, 1.165) is 48.2 Å². The highest BCUT2D eigenvalue weighted by molar-refractivity contribution is 7.09. The minimum atomic E-state index is -0.249. The molecular formula is C24H30FN5O2S. The summed E-state index contributed by atoms with van der Waals surface area (Å²) < 4.78 is 25.6. The summed E-state index contributed by atoms with van der Waals surface area (Å²) in [5.41, 5.74) is 2.28. The van der Waals surface area contributed by atoms with E-state index in [1.165, 1.54) is 36.7 Å². The maximum atomic E-state index is 14.4. The van der Waals surface area contributed by atoms with E-state index in [2.05, 4.69) is 39.1 Å². The SMILES string of the molecule is CC(C)c1nc(N2CCC([C@H]3C[C@H]3CCOc3ccc(Cc4nncs4)c(F)c3)CC2)no1. The lowest BCUT2D eigenvalue weighted by atomic mass is 9.90. The molecule has 176 valence electrons. The van der Waals surface area contributed by atoms with E-state index in [9.17, 15) is 4.39 Å². The average molecular weight is 472 g/mol. The molecule has 0 amide bonds. The van der Waals surface area contributed by atoms with Crippen LogP contribution in [0.3, 0.4) is 0 Å². The molecule has 0 spiro atoms. The van der Waals surface area contributed by atoms with Crippen LogP contribution in [-0.2, 0) is 6.42 Å². The second kappa shape index (κ2) is 9.75. The monoisotopic (exact) mass is 471 g/mol. The third-order valence-corrected chi connectivity index (χ3v) is 7.56. The summed E-state index contributed by atoms with van der Waals surface area (Å²) in [5, 5.41) is 12.7. The second-order valence-electron chi connectivity index (χ2n) is 9.47. The van der Waals surface area contributed by atoms with E-state index in [-0.39, 0.29) is 11.7 Å². The molecule has 3 heterocycles. The van der Waals surface area contributed by atoms with Crippen molar-refractivity contribution in [2.45, 2.75) is 51.9 Å². The van der Waals surface area contributed by atoms with Crippen LogP contribution in [0, 0.1) is 23.6 Å². The first-order valence-electron chi connectivity index (χ1n) is 11.8. The Bertz CT molecular complexity index is 1050. The zero-order valence-electron chi connectivity index (χ0n) is 19.1. The van der Waals surface area contributed by atoms with E-state index in [1.807, 2.05) is 6.07 Å². The molecule has 5 rings (SSSR count). The highest BCUT2D eigenvalue weighted by Crippen LogP contribution is 2.49. The molecule has 33 heavy (non-hydrogen) atoms. The summed E-state index contributed by atoms with van der Waals surface area (Å²) in [7, 11) is 0. The Kier molecular flexibility index (Phi) is 6.57. The molecule has 2 atom stereocenters. The first kappa shape index (κ1) is 22.3. The third-order valence-electron chi connectivity index (χ3n) is 6.86. The number of ether oxygens (including phenoxy) is 1. The Hall–Kier alpha value is -2.55.